The molecule has 4 heteroatoms. The molecule has 3 nitrogen and oxygen atoms in total. The van der Waals surface area contributed by atoms with E-state index in [0.717, 1.165) is 54.0 Å². The zero-order valence-electron chi connectivity index (χ0n) is 19.9. The molecule has 0 atom stereocenters. The summed E-state index contributed by atoms with van der Waals surface area (Å²) in [5.74, 6) is 0. The topological polar surface area (TPSA) is 31.2 Å². The van der Waals surface area contributed by atoms with Crippen LogP contribution in [-0.4, -0.2) is 4.57 Å². The van der Waals surface area contributed by atoms with Gasteiger partial charge in [0.05, 0.1) is 11.0 Å². The van der Waals surface area contributed by atoms with Gasteiger partial charge in [-0.05, 0) is 60.7 Å². The number of hydrogen-bond acceptors (Lipinski definition) is 2. The van der Waals surface area contributed by atoms with Crippen molar-refractivity contribution in [3.05, 3.63) is 102 Å². The van der Waals surface area contributed by atoms with E-state index >= 15 is 0 Å². The molecule has 3 heterocycles. The van der Waals surface area contributed by atoms with Crippen LogP contribution in [0.2, 0.25) is 0 Å². The van der Waals surface area contributed by atoms with E-state index in [2.05, 4.69) is 105 Å². The molecule has 0 saturated carbocycles. The molecule has 8 rings (SSSR count). The predicted molar refractivity (Wildman–Crippen MR) is 154 cm³/mol. The largest absolute Gasteiger partial charge is 0.456 e. The predicted octanol–water partition coefficient (Wildman–Crippen LogP) is 10.4. The number of nitrogens with zero attached hydrogens (tertiary/aromatic N) is 1. The number of hydrogen-bond donors (Lipinski definition) is 0. The van der Waals surface area contributed by atoms with Gasteiger partial charge in [0, 0.05) is 42.5 Å². The first-order chi connectivity index (χ1) is 17.7. The Labute approximate surface area is 215 Å². The molecule has 0 aliphatic rings. The zero-order valence-corrected chi connectivity index (χ0v) is 21.5. The molecule has 0 aliphatic heterocycles. The fourth-order valence-corrected chi connectivity index (χ4v) is 5.71. The third-order valence-electron chi connectivity index (χ3n) is 6.84. The van der Waals surface area contributed by atoms with Crippen LogP contribution in [0, 0.1) is 0 Å². The maximum absolute atomic E-state index is 6.29. The van der Waals surface area contributed by atoms with Crippen LogP contribution in [0.25, 0.3) is 71.4 Å². The van der Waals surface area contributed by atoms with Crippen molar-refractivity contribution >= 4 is 81.6 Å². The second kappa shape index (κ2) is 8.00. The van der Waals surface area contributed by atoms with Gasteiger partial charge in [0.25, 0.3) is 0 Å². The van der Waals surface area contributed by atoms with Crippen LogP contribution < -0.4 is 0 Å². The third kappa shape index (κ3) is 2.98. The summed E-state index contributed by atoms with van der Waals surface area (Å²) >= 11 is 3.57. The van der Waals surface area contributed by atoms with Crippen molar-refractivity contribution in [3.8, 4) is 5.69 Å². The fourth-order valence-electron chi connectivity index (χ4n) is 5.35. The number of benzene rings is 5. The molecule has 0 fully saturated rings. The van der Waals surface area contributed by atoms with Crippen molar-refractivity contribution in [2.75, 3.05) is 0 Å². The normalized spacial score (nSPS) is 11.8. The van der Waals surface area contributed by atoms with E-state index in [1.807, 2.05) is 26.0 Å². The van der Waals surface area contributed by atoms with Gasteiger partial charge >= 0.3 is 0 Å². The van der Waals surface area contributed by atoms with Crippen molar-refractivity contribution in [3.63, 3.8) is 0 Å². The quantitative estimate of drug-likeness (QED) is 0.211. The van der Waals surface area contributed by atoms with Gasteiger partial charge < -0.3 is 13.4 Å². The Kier molecular flexibility index (Phi) is 4.73. The van der Waals surface area contributed by atoms with Crippen LogP contribution in [0.15, 0.2) is 110 Å². The Morgan fingerprint density at radius 2 is 1.00 bits per heavy atom. The average Bonchev–Trinajstić information content (AvgIpc) is 3.57. The van der Waals surface area contributed by atoms with Crippen molar-refractivity contribution in [2.45, 2.75) is 13.8 Å². The number of aromatic nitrogens is 1. The highest BCUT2D eigenvalue weighted by Gasteiger charge is 2.16. The SMILES string of the molecule is Brc1ccc2oc3cc4c(cc3c2c1)oc1ccc(-n2c3ccccc3c3ccccc32)cc14.CC. The summed E-state index contributed by atoms with van der Waals surface area (Å²) in [5, 5.41) is 6.79. The van der Waals surface area contributed by atoms with Gasteiger partial charge in [-0.2, -0.15) is 0 Å². The third-order valence-corrected chi connectivity index (χ3v) is 7.34. The zero-order chi connectivity index (χ0) is 24.4. The van der Waals surface area contributed by atoms with Crippen molar-refractivity contribution < 1.29 is 8.83 Å². The van der Waals surface area contributed by atoms with Crippen LogP contribution in [-0.2, 0) is 0 Å². The van der Waals surface area contributed by atoms with Crippen LogP contribution in [0.1, 0.15) is 13.8 Å². The molecule has 36 heavy (non-hydrogen) atoms. The molecule has 0 spiro atoms. The first kappa shape index (κ1) is 21.3. The molecule has 0 radical (unpaired) electrons. The van der Waals surface area contributed by atoms with Gasteiger partial charge in [0.15, 0.2) is 0 Å². The standard InChI is InChI=1S/C30H16BrNO2.C2H6/c31-17-9-11-27-21(13-17)23-15-30-24(16-29(23)33-27)22-14-18(10-12-28(22)34-30)32-25-7-3-1-5-19(25)20-6-2-4-8-26(20)32;1-2/h1-16H;1-2H3. The molecule has 5 aromatic carbocycles. The number of para-hydroxylation sites is 2. The molecule has 8 aromatic rings. The number of halogens is 1. The molecule has 0 saturated heterocycles. The molecule has 0 amide bonds. The summed E-state index contributed by atoms with van der Waals surface area (Å²) in [7, 11) is 0. The summed E-state index contributed by atoms with van der Waals surface area (Å²) in [6, 6.07) is 33.9. The minimum absolute atomic E-state index is 0.865. The van der Waals surface area contributed by atoms with E-state index in [1.165, 1.54) is 21.8 Å². The summed E-state index contributed by atoms with van der Waals surface area (Å²) in [4.78, 5) is 0. The lowest BCUT2D eigenvalue weighted by Crippen LogP contribution is -1.93. The van der Waals surface area contributed by atoms with Gasteiger partial charge in [-0.15, -0.1) is 0 Å². The number of fused-ring (bicyclic) bond motifs is 9. The second-order valence-electron chi connectivity index (χ2n) is 8.74. The Bertz CT molecular complexity index is 2040. The Hall–Kier alpha value is -4.02. The van der Waals surface area contributed by atoms with Gasteiger partial charge in [-0.25, -0.2) is 0 Å². The van der Waals surface area contributed by atoms with E-state index in [1.54, 1.807) is 0 Å². The van der Waals surface area contributed by atoms with E-state index in [0.29, 0.717) is 0 Å². The highest BCUT2D eigenvalue weighted by Crippen LogP contribution is 2.39. The van der Waals surface area contributed by atoms with Crippen LogP contribution in [0.4, 0.5) is 0 Å². The van der Waals surface area contributed by atoms with Crippen molar-refractivity contribution in [2.24, 2.45) is 0 Å². The Morgan fingerprint density at radius 1 is 0.500 bits per heavy atom. The highest BCUT2D eigenvalue weighted by molar-refractivity contribution is 9.10. The maximum Gasteiger partial charge on any atom is 0.136 e. The van der Waals surface area contributed by atoms with Gasteiger partial charge in [-0.1, -0.05) is 66.2 Å². The van der Waals surface area contributed by atoms with E-state index < -0.39 is 0 Å². The van der Waals surface area contributed by atoms with E-state index in [4.69, 9.17) is 8.83 Å². The lowest BCUT2D eigenvalue weighted by molar-refractivity contribution is 0.664. The fraction of sp³-hybridized carbons (Fsp3) is 0.0625. The number of furan rings is 2. The minimum Gasteiger partial charge on any atom is -0.456 e. The van der Waals surface area contributed by atoms with E-state index in [-0.39, 0.29) is 0 Å². The second-order valence-corrected chi connectivity index (χ2v) is 9.65. The molecular formula is C32H22BrNO2. The molecule has 0 unspecified atom stereocenters. The summed E-state index contributed by atoms with van der Waals surface area (Å²) in [6.45, 7) is 4.00. The summed E-state index contributed by atoms with van der Waals surface area (Å²) < 4.78 is 15.8. The first-order valence-electron chi connectivity index (χ1n) is 12.2. The molecule has 0 aliphatic carbocycles. The molecule has 0 N–H and O–H groups in total. The van der Waals surface area contributed by atoms with E-state index in [9.17, 15) is 0 Å². The molecule has 3 aromatic heterocycles. The summed E-state index contributed by atoms with van der Waals surface area (Å²) in [5.41, 5.74) is 6.98. The van der Waals surface area contributed by atoms with Gasteiger partial charge in [0.2, 0.25) is 0 Å². The lowest BCUT2D eigenvalue weighted by atomic mass is 10.1. The van der Waals surface area contributed by atoms with Gasteiger partial charge in [0.1, 0.15) is 22.3 Å². The van der Waals surface area contributed by atoms with Crippen molar-refractivity contribution in [1.29, 1.82) is 0 Å². The Morgan fingerprint density at radius 3 is 1.61 bits per heavy atom. The number of rotatable bonds is 1. The monoisotopic (exact) mass is 531 g/mol. The van der Waals surface area contributed by atoms with Gasteiger partial charge in [-0.3, -0.25) is 0 Å². The summed E-state index contributed by atoms with van der Waals surface area (Å²) in [6.07, 6.45) is 0. The minimum atomic E-state index is 0.865. The lowest BCUT2D eigenvalue weighted by Gasteiger charge is -2.07. The van der Waals surface area contributed by atoms with Crippen LogP contribution in [0.5, 0.6) is 0 Å². The van der Waals surface area contributed by atoms with Crippen molar-refractivity contribution in [1.82, 2.24) is 4.57 Å². The highest BCUT2D eigenvalue weighted by atomic mass is 79.9. The first-order valence-corrected chi connectivity index (χ1v) is 13.0. The smallest absolute Gasteiger partial charge is 0.136 e. The maximum atomic E-state index is 6.29. The average molecular weight is 532 g/mol. The Balaban J connectivity index is 0.00000108. The molecule has 0 bridgehead atoms. The van der Waals surface area contributed by atoms with Crippen LogP contribution in [0.3, 0.4) is 0 Å². The van der Waals surface area contributed by atoms with Crippen LogP contribution >= 0.6 is 15.9 Å². The molecule has 174 valence electrons. The molecular weight excluding hydrogens is 510 g/mol.